The van der Waals surface area contributed by atoms with Crippen LogP contribution in [-0.4, -0.2) is 17.1 Å². The van der Waals surface area contributed by atoms with Crippen LogP contribution < -0.4 is 15.4 Å². The van der Waals surface area contributed by atoms with Crippen molar-refractivity contribution >= 4 is 17.5 Å². The molecular formula is C20H22N4O. The fraction of sp³-hybridized carbons (Fsp3) is 0.200. The fourth-order valence-electron chi connectivity index (χ4n) is 2.52. The van der Waals surface area contributed by atoms with Crippen molar-refractivity contribution in [2.24, 2.45) is 0 Å². The molecule has 0 aliphatic heterocycles. The van der Waals surface area contributed by atoms with Gasteiger partial charge in [0.05, 0.1) is 7.11 Å². The molecule has 5 nitrogen and oxygen atoms in total. The smallest absolute Gasteiger partial charge is 0.225 e. The van der Waals surface area contributed by atoms with Gasteiger partial charge in [0.2, 0.25) is 5.95 Å². The number of hydrogen-bond acceptors (Lipinski definition) is 5. The van der Waals surface area contributed by atoms with Crippen LogP contribution in [0.25, 0.3) is 0 Å². The van der Waals surface area contributed by atoms with Crippen LogP contribution in [0.15, 0.2) is 54.6 Å². The lowest BCUT2D eigenvalue weighted by atomic mass is 10.1. The van der Waals surface area contributed by atoms with Gasteiger partial charge in [0, 0.05) is 24.0 Å². The maximum Gasteiger partial charge on any atom is 0.225 e. The number of anilines is 3. The van der Waals surface area contributed by atoms with Gasteiger partial charge < -0.3 is 15.4 Å². The number of methoxy groups -OCH3 is 1. The zero-order valence-corrected chi connectivity index (χ0v) is 14.7. The maximum absolute atomic E-state index is 5.18. The highest BCUT2D eigenvalue weighted by Gasteiger charge is 2.04. The van der Waals surface area contributed by atoms with Crippen LogP contribution in [0, 0.1) is 13.8 Å². The highest BCUT2D eigenvalue weighted by molar-refractivity contribution is 5.58. The van der Waals surface area contributed by atoms with Crippen molar-refractivity contribution in [1.29, 1.82) is 0 Å². The number of hydrogen-bond donors (Lipinski definition) is 2. The van der Waals surface area contributed by atoms with Gasteiger partial charge in [-0.15, -0.1) is 0 Å². The van der Waals surface area contributed by atoms with Crippen LogP contribution in [0.2, 0.25) is 0 Å². The molecule has 3 aromatic rings. The summed E-state index contributed by atoms with van der Waals surface area (Å²) >= 11 is 0. The summed E-state index contributed by atoms with van der Waals surface area (Å²) in [5.41, 5.74) is 4.33. The molecule has 0 spiro atoms. The summed E-state index contributed by atoms with van der Waals surface area (Å²) in [6.45, 7) is 4.75. The van der Waals surface area contributed by atoms with Crippen LogP contribution in [0.1, 0.15) is 16.8 Å². The number of aryl methyl sites for hydroxylation is 2. The summed E-state index contributed by atoms with van der Waals surface area (Å²) < 4.78 is 5.18. The van der Waals surface area contributed by atoms with Crippen molar-refractivity contribution in [2.45, 2.75) is 20.4 Å². The number of nitrogens with one attached hydrogen (secondary N) is 2. The number of benzene rings is 2. The molecule has 0 unspecified atom stereocenters. The molecule has 0 amide bonds. The van der Waals surface area contributed by atoms with E-state index in [0.29, 0.717) is 12.5 Å². The van der Waals surface area contributed by atoms with Gasteiger partial charge in [0.25, 0.3) is 0 Å². The predicted molar refractivity (Wildman–Crippen MR) is 102 cm³/mol. The monoisotopic (exact) mass is 334 g/mol. The van der Waals surface area contributed by atoms with E-state index in [4.69, 9.17) is 4.74 Å². The zero-order valence-electron chi connectivity index (χ0n) is 14.7. The van der Waals surface area contributed by atoms with E-state index in [0.717, 1.165) is 22.9 Å². The third-order valence-corrected chi connectivity index (χ3v) is 3.91. The van der Waals surface area contributed by atoms with Gasteiger partial charge in [0.15, 0.2) is 0 Å². The van der Waals surface area contributed by atoms with Gasteiger partial charge in [-0.2, -0.15) is 4.98 Å². The van der Waals surface area contributed by atoms with Gasteiger partial charge in [-0.3, -0.25) is 0 Å². The van der Waals surface area contributed by atoms with Crippen LogP contribution in [0.4, 0.5) is 17.5 Å². The van der Waals surface area contributed by atoms with Crippen molar-refractivity contribution in [3.05, 3.63) is 71.4 Å². The molecule has 2 aromatic carbocycles. The third kappa shape index (κ3) is 4.47. The number of aromatic nitrogens is 2. The maximum atomic E-state index is 5.18. The lowest BCUT2D eigenvalue weighted by Gasteiger charge is -2.11. The molecule has 0 atom stereocenters. The van der Waals surface area contributed by atoms with Gasteiger partial charge in [-0.25, -0.2) is 4.98 Å². The molecule has 25 heavy (non-hydrogen) atoms. The largest absolute Gasteiger partial charge is 0.497 e. The highest BCUT2D eigenvalue weighted by atomic mass is 16.5. The SMILES string of the molecule is COc1ccc(Nc2cc(C)nc(NCc3ccccc3C)n2)cc1. The first-order valence-electron chi connectivity index (χ1n) is 8.19. The summed E-state index contributed by atoms with van der Waals surface area (Å²) in [7, 11) is 1.66. The quantitative estimate of drug-likeness (QED) is 0.697. The summed E-state index contributed by atoms with van der Waals surface area (Å²) in [5.74, 6) is 2.19. The molecular weight excluding hydrogens is 312 g/mol. The highest BCUT2D eigenvalue weighted by Crippen LogP contribution is 2.20. The zero-order chi connectivity index (χ0) is 17.6. The molecule has 5 heteroatoms. The summed E-state index contributed by atoms with van der Waals surface area (Å²) in [6, 6.07) is 17.9. The van der Waals surface area contributed by atoms with Gasteiger partial charge in [0.1, 0.15) is 11.6 Å². The van der Waals surface area contributed by atoms with E-state index in [1.54, 1.807) is 7.11 Å². The van der Waals surface area contributed by atoms with Crippen molar-refractivity contribution in [1.82, 2.24) is 9.97 Å². The lowest BCUT2D eigenvalue weighted by Crippen LogP contribution is -2.07. The van der Waals surface area contributed by atoms with Gasteiger partial charge >= 0.3 is 0 Å². The molecule has 3 rings (SSSR count). The van der Waals surface area contributed by atoms with E-state index in [2.05, 4.69) is 39.7 Å². The summed E-state index contributed by atoms with van der Waals surface area (Å²) in [6.07, 6.45) is 0. The second-order valence-corrected chi connectivity index (χ2v) is 5.85. The van der Waals surface area contributed by atoms with E-state index in [1.807, 2.05) is 49.4 Å². The Labute approximate surface area is 148 Å². The molecule has 128 valence electrons. The van der Waals surface area contributed by atoms with Crippen LogP contribution in [-0.2, 0) is 6.54 Å². The van der Waals surface area contributed by atoms with Crippen LogP contribution in [0.5, 0.6) is 5.75 Å². The normalized spacial score (nSPS) is 10.4. The Morgan fingerprint density at radius 2 is 1.72 bits per heavy atom. The minimum Gasteiger partial charge on any atom is -0.497 e. The average Bonchev–Trinajstić information content (AvgIpc) is 2.61. The molecule has 1 heterocycles. The standard InChI is InChI=1S/C20H22N4O/c1-14-6-4-5-7-16(14)13-21-20-22-15(2)12-19(24-20)23-17-8-10-18(25-3)11-9-17/h4-12H,13H2,1-3H3,(H2,21,22,23,24). The topological polar surface area (TPSA) is 59.1 Å². The van der Waals surface area contributed by atoms with Gasteiger partial charge in [-0.05, 0) is 49.2 Å². The molecule has 0 bridgehead atoms. The Morgan fingerprint density at radius 3 is 2.44 bits per heavy atom. The Morgan fingerprint density at radius 1 is 0.960 bits per heavy atom. The molecule has 1 aromatic heterocycles. The Bertz CT molecular complexity index is 847. The molecule has 0 aliphatic rings. The number of rotatable bonds is 6. The Hall–Kier alpha value is -3.08. The second-order valence-electron chi connectivity index (χ2n) is 5.85. The number of ether oxygens (including phenoxy) is 1. The van der Waals surface area contributed by atoms with E-state index < -0.39 is 0 Å². The number of nitrogens with zero attached hydrogens (tertiary/aromatic N) is 2. The van der Waals surface area contributed by atoms with Crippen molar-refractivity contribution in [3.8, 4) is 5.75 Å². The molecule has 0 saturated heterocycles. The van der Waals surface area contributed by atoms with E-state index in [-0.39, 0.29) is 0 Å². The van der Waals surface area contributed by atoms with E-state index in [1.165, 1.54) is 11.1 Å². The minimum absolute atomic E-state index is 0.610. The predicted octanol–water partition coefficient (Wildman–Crippen LogP) is 4.46. The Balaban J connectivity index is 1.72. The molecule has 0 radical (unpaired) electrons. The first-order valence-corrected chi connectivity index (χ1v) is 8.19. The van der Waals surface area contributed by atoms with Gasteiger partial charge in [-0.1, -0.05) is 24.3 Å². The molecule has 2 N–H and O–H groups in total. The first-order chi connectivity index (χ1) is 12.1. The van der Waals surface area contributed by atoms with Crippen molar-refractivity contribution in [3.63, 3.8) is 0 Å². The third-order valence-electron chi connectivity index (χ3n) is 3.91. The fourth-order valence-corrected chi connectivity index (χ4v) is 2.52. The average molecular weight is 334 g/mol. The minimum atomic E-state index is 0.610. The van der Waals surface area contributed by atoms with Crippen LogP contribution >= 0.6 is 0 Å². The lowest BCUT2D eigenvalue weighted by molar-refractivity contribution is 0.415. The van der Waals surface area contributed by atoms with E-state index >= 15 is 0 Å². The summed E-state index contributed by atoms with van der Waals surface area (Å²) in [5, 5.41) is 6.60. The second kappa shape index (κ2) is 7.66. The first kappa shape index (κ1) is 16.8. The molecule has 0 aliphatic carbocycles. The summed E-state index contributed by atoms with van der Waals surface area (Å²) in [4.78, 5) is 9.02. The Kier molecular flexibility index (Phi) is 5.14. The molecule has 0 saturated carbocycles. The molecule has 0 fully saturated rings. The van der Waals surface area contributed by atoms with E-state index in [9.17, 15) is 0 Å². The van der Waals surface area contributed by atoms with Crippen molar-refractivity contribution in [2.75, 3.05) is 17.7 Å². The van der Waals surface area contributed by atoms with Crippen molar-refractivity contribution < 1.29 is 4.74 Å². The van der Waals surface area contributed by atoms with Crippen LogP contribution in [0.3, 0.4) is 0 Å².